The van der Waals surface area contributed by atoms with Crippen molar-refractivity contribution in [3.63, 3.8) is 0 Å². The van der Waals surface area contributed by atoms with E-state index in [4.69, 9.17) is 11.5 Å². The summed E-state index contributed by atoms with van der Waals surface area (Å²) in [5.74, 6) is 0.111. The van der Waals surface area contributed by atoms with Crippen LogP contribution in [-0.4, -0.2) is 22.0 Å². The molecule has 0 aromatic carbocycles. The highest BCUT2D eigenvalue weighted by Crippen LogP contribution is 2.04. The first-order valence-corrected chi connectivity index (χ1v) is 3.61. The first kappa shape index (κ1) is 9.74. The number of carbonyl (C=O) groups excluding carboxylic acids is 1. The summed E-state index contributed by atoms with van der Waals surface area (Å²) in [6.07, 6.45) is 4.81. The number of carbonyl (C=O) groups is 2. The predicted octanol–water partition coefficient (Wildman–Crippen LogP) is 0.351. The van der Waals surface area contributed by atoms with Gasteiger partial charge in [0.1, 0.15) is 5.82 Å². The van der Waals surface area contributed by atoms with E-state index in [1.54, 1.807) is 0 Å². The van der Waals surface area contributed by atoms with Crippen molar-refractivity contribution in [2.75, 3.05) is 5.32 Å². The van der Waals surface area contributed by atoms with E-state index in [0.717, 1.165) is 0 Å². The number of hydrogen-bond donors (Lipinski definition) is 2. The largest absolute Gasteiger partial charge is 0.477 e. The van der Waals surface area contributed by atoms with Gasteiger partial charge in [-0.3, -0.25) is 10.1 Å². The molecule has 0 radical (unpaired) electrons. The van der Waals surface area contributed by atoms with Gasteiger partial charge in [0.15, 0.2) is 5.69 Å². The topological polar surface area (TPSA) is 79.3 Å². The van der Waals surface area contributed by atoms with E-state index in [2.05, 4.69) is 10.3 Å². The van der Waals surface area contributed by atoms with Crippen molar-refractivity contribution in [3.05, 3.63) is 23.9 Å². The molecule has 1 aromatic rings. The third kappa shape index (κ3) is 2.32. The van der Waals surface area contributed by atoms with Crippen molar-refractivity contribution in [2.45, 2.75) is 0 Å². The van der Waals surface area contributed by atoms with Crippen molar-refractivity contribution in [1.29, 1.82) is 0 Å². The standard InChI is InChI=1S/C9H6N2O3/c1-2-8(12)11-7-5-3-4-6(10-7)9(13)14/h1,3-5H,(H,13,14)(H,10,11,12). The molecule has 0 fully saturated rings. The van der Waals surface area contributed by atoms with E-state index < -0.39 is 11.9 Å². The number of carboxylic acids is 1. The molecule has 5 heteroatoms. The van der Waals surface area contributed by atoms with Gasteiger partial charge < -0.3 is 5.11 Å². The zero-order valence-electron chi connectivity index (χ0n) is 7.02. The molecule has 1 heterocycles. The van der Waals surface area contributed by atoms with Gasteiger partial charge in [0.25, 0.3) is 0 Å². The molecule has 0 unspecified atom stereocenters. The molecule has 0 saturated heterocycles. The Balaban J connectivity index is 2.90. The zero-order valence-corrected chi connectivity index (χ0v) is 7.02. The number of anilines is 1. The summed E-state index contributed by atoms with van der Waals surface area (Å²) in [5.41, 5.74) is -0.153. The minimum Gasteiger partial charge on any atom is -0.477 e. The summed E-state index contributed by atoms with van der Waals surface area (Å²) in [6, 6.07) is 4.22. The fourth-order valence-electron chi connectivity index (χ4n) is 0.776. The number of nitrogens with zero attached hydrogens (tertiary/aromatic N) is 1. The number of pyridine rings is 1. The van der Waals surface area contributed by atoms with Crippen LogP contribution in [0.3, 0.4) is 0 Å². The first-order valence-electron chi connectivity index (χ1n) is 3.61. The molecule has 2 N–H and O–H groups in total. The minimum atomic E-state index is -1.16. The predicted molar refractivity (Wildman–Crippen MR) is 48.7 cm³/mol. The Morgan fingerprint density at radius 2 is 2.21 bits per heavy atom. The highest BCUT2D eigenvalue weighted by Gasteiger charge is 2.05. The molecule has 0 bridgehead atoms. The minimum absolute atomic E-state index is 0.118. The van der Waals surface area contributed by atoms with E-state index >= 15 is 0 Å². The molecular formula is C9H6N2O3. The lowest BCUT2D eigenvalue weighted by Crippen LogP contribution is -2.11. The molecule has 0 aliphatic heterocycles. The van der Waals surface area contributed by atoms with Gasteiger partial charge in [0.2, 0.25) is 0 Å². The lowest BCUT2D eigenvalue weighted by Gasteiger charge is -2.00. The smallest absolute Gasteiger partial charge is 0.354 e. The van der Waals surface area contributed by atoms with E-state index in [-0.39, 0.29) is 11.5 Å². The molecule has 0 saturated carbocycles. The van der Waals surface area contributed by atoms with Crippen LogP contribution in [-0.2, 0) is 4.79 Å². The van der Waals surface area contributed by atoms with Gasteiger partial charge in [-0.15, -0.1) is 6.42 Å². The van der Waals surface area contributed by atoms with Crippen molar-refractivity contribution >= 4 is 17.7 Å². The van der Waals surface area contributed by atoms with Crippen LogP contribution in [0, 0.1) is 12.3 Å². The number of amides is 1. The van der Waals surface area contributed by atoms with Crippen LogP contribution in [0.1, 0.15) is 10.5 Å². The summed E-state index contributed by atoms with van der Waals surface area (Å²) >= 11 is 0. The second-order valence-corrected chi connectivity index (χ2v) is 2.31. The third-order valence-corrected chi connectivity index (χ3v) is 1.34. The van der Waals surface area contributed by atoms with Crippen LogP contribution in [0.15, 0.2) is 18.2 Å². The second-order valence-electron chi connectivity index (χ2n) is 2.31. The summed E-state index contributed by atoms with van der Waals surface area (Å²) in [4.78, 5) is 24.9. The van der Waals surface area contributed by atoms with Gasteiger partial charge in [-0.25, -0.2) is 9.78 Å². The maximum atomic E-state index is 10.7. The molecule has 0 atom stereocenters. The molecule has 70 valence electrons. The summed E-state index contributed by atoms with van der Waals surface area (Å²) < 4.78 is 0. The molecule has 0 aliphatic rings. The Morgan fingerprint density at radius 3 is 2.79 bits per heavy atom. The Labute approximate surface area is 79.8 Å². The summed E-state index contributed by atoms with van der Waals surface area (Å²) in [6.45, 7) is 0. The van der Waals surface area contributed by atoms with Crippen LogP contribution in [0.4, 0.5) is 5.82 Å². The van der Waals surface area contributed by atoms with Gasteiger partial charge in [-0.1, -0.05) is 6.07 Å². The van der Waals surface area contributed by atoms with Crippen molar-refractivity contribution < 1.29 is 14.7 Å². The molecule has 0 aliphatic carbocycles. The quantitative estimate of drug-likeness (QED) is 0.659. The van der Waals surface area contributed by atoms with Crippen LogP contribution < -0.4 is 5.32 Å². The SMILES string of the molecule is C#CC(=O)Nc1cccc(C(=O)O)n1. The molecule has 5 nitrogen and oxygen atoms in total. The number of aromatic carboxylic acids is 1. The number of rotatable bonds is 2. The number of aromatic nitrogens is 1. The van der Waals surface area contributed by atoms with Gasteiger partial charge >= 0.3 is 11.9 Å². The number of carboxylic acid groups (broad SMARTS) is 1. The fraction of sp³-hybridized carbons (Fsp3) is 0. The number of hydrogen-bond acceptors (Lipinski definition) is 3. The van der Waals surface area contributed by atoms with Crippen LogP contribution in [0.2, 0.25) is 0 Å². The first-order chi connectivity index (χ1) is 6.63. The average Bonchev–Trinajstić information content (AvgIpc) is 2.18. The zero-order chi connectivity index (χ0) is 10.6. The monoisotopic (exact) mass is 190 g/mol. The third-order valence-electron chi connectivity index (χ3n) is 1.34. The maximum absolute atomic E-state index is 10.7. The molecule has 0 spiro atoms. The molecule has 1 rings (SSSR count). The van der Waals surface area contributed by atoms with Gasteiger partial charge in [0.05, 0.1) is 0 Å². The van der Waals surface area contributed by atoms with Gasteiger partial charge in [-0.05, 0) is 18.1 Å². The second kappa shape index (κ2) is 4.05. The summed E-state index contributed by atoms with van der Waals surface area (Å²) in [5, 5.41) is 10.8. The lowest BCUT2D eigenvalue weighted by molar-refractivity contribution is -0.111. The highest BCUT2D eigenvalue weighted by molar-refractivity contribution is 6.03. The van der Waals surface area contributed by atoms with Crippen LogP contribution >= 0.6 is 0 Å². The summed E-state index contributed by atoms with van der Waals surface area (Å²) in [7, 11) is 0. The van der Waals surface area contributed by atoms with Crippen molar-refractivity contribution in [1.82, 2.24) is 4.98 Å². The number of terminal acetylenes is 1. The van der Waals surface area contributed by atoms with Gasteiger partial charge in [0, 0.05) is 0 Å². The lowest BCUT2D eigenvalue weighted by atomic mass is 10.3. The van der Waals surface area contributed by atoms with Crippen molar-refractivity contribution in [3.8, 4) is 12.3 Å². The average molecular weight is 190 g/mol. The molecule has 1 amide bonds. The maximum Gasteiger partial charge on any atom is 0.354 e. The Hall–Kier alpha value is -2.35. The Kier molecular flexibility index (Phi) is 2.82. The van der Waals surface area contributed by atoms with Crippen LogP contribution in [0.25, 0.3) is 0 Å². The van der Waals surface area contributed by atoms with E-state index in [9.17, 15) is 9.59 Å². The van der Waals surface area contributed by atoms with Gasteiger partial charge in [-0.2, -0.15) is 0 Å². The number of nitrogens with one attached hydrogen (secondary N) is 1. The highest BCUT2D eigenvalue weighted by atomic mass is 16.4. The normalized spacial score (nSPS) is 8.79. The van der Waals surface area contributed by atoms with E-state index in [0.29, 0.717) is 0 Å². The molecular weight excluding hydrogens is 184 g/mol. The molecule has 14 heavy (non-hydrogen) atoms. The Bertz CT molecular complexity index is 420. The van der Waals surface area contributed by atoms with E-state index in [1.807, 2.05) is 5.92 Å². The van der Waals surface area contributed by atoms with Crippen molar-refractivity contribution in [2.24, 2.45) is 0 Å². The molecule has 1 aromatic heterocycles. The van der Waals surface area contributed by atoms with E-state index in [1.165, 1.54) is 18.2 Å². The van der Waals surface area contributed by atoms with Crippen LogP contribution in [0.5, 0.6) is 0 Å². The Morgan fingerprint density at radius 1 is 1.50 bits per heavy atom. The fourth-order valence-corrected chi connectivity index (χ4v) is 0.776.